The van der Waals surface area contributed by atoms with E-state index in [-0.39, 0.29) is 11.7 Å². The summed E-state index contributed by atoms with van der Waals surface area (Å²) in [5, 5.41) is 5.72. The number of carbonyl (C=O) groups excluding carboxylic acids is 2. The number of nitrogen functional groups attached to an aromatic ring is 1. The van der Waals surface area contributed by atoms with E-state index in [0.717, 1.165) is 40.1 Å². The second-order valence-electron chi connectivity index (χ2n) is 8.38. The van der Waals surface area contributed by atoms with Crippen molar-refractivity contribution < 1.29 is 9.59 Å². The zero-order chi connectivity index (χ0) is 22.9. The molecule has 3 aromatic heterocycles. The number of aryl methyl sites for hydroxylation is 1. The lowest BCUT2D eigenvalue weighted by Gasteiger charge is -2.20. The summed E-state index contributed by atoms with van der Waals surface area (Å²) in [6.07, 6.45) is 6.48. The first-order valence-electron chi connectivity index (χ1n) is 10.9. The average Bonchev–Trinajstić information content (AvgIpc) is 3.45. The molecule has 5 rings (SSSR count). The van der Waals surface area contributed by atoms with E-state index in [9.17, 15) is 9.59 Å². The van der Waals surface area contributed by atoms with Gasteiger partial charge in [-0.15, -0.1) is 22.7 Å². The number of hydrogen-bond donors (Lipinski definition) is 2. The maximum absolute atomic E-state index is 12.9. The monoisotopic (exact) mass is 473 g/mol. The molecule has 1 amide bonds. The molecule has 4 aromatic rings. The number of thiophene rings is 2. The summed E-state index contributed by atoms with van der Waals surface area (Å²) < 4.78 is 0. The Morgan fingerprint density at radius 2 is 2.03 bits per heavy atom. The number of ketones is 1. The van der Waals surface area contributed by atoms with Crippen LogP contribution in [-0.2, 0) is 12.8 Å². The highest BCUT2D eigenvalue weighted by atomic mass is 32.1. The van der Waals surface area contributed by atoms with E-state index in [2.05, 4.69) is 18.3 Å². The molecule has 0 aliphatic heterocycles. The van der Waals surface area contributed by atoms with Crippen LogP contribution >= 0.6 is 22.7 Å². The Labute approximate surface area is 200 Å². The summed E-state index contributed by atoms with van der Waals surface area (Å²) in [6, 6.07) is 12.9. The van der Waals surface area contributed by atoms with Crippen LogP contribution in [0.2, 0.25) is 0 Å². The first-order chi connectivity index (χ1) is 16.0. The van der Waals surface area contributed by atoms with Crippen LogP contribution in [0.25, 0.3) is 16.3 Å². The standard InChI is InChI=1S/C26H23N3O2S2/c1-15-4-10-21-17(13-15)14-20-23(27)24(33-26(20)29-21)25(31)28-18-7-5-16(6-8-18)22(30)11-9-19-3-2-12-32-19/h2-3,5-9,11-12,14-15H,4,10,13,27H2,1H3,(H,28,31)/b11-9+/t15-/m0/s1. The average molecular weight is 474 g/mol. The Bertz CT molecular complexity index is 1370. The number of benzene rings is 1. The van der Waals surface area contributed by atoms with Crippen LogP contribution in [-0.4, -0.2) is 16.7 Å². The molecule has 1 aliphatic rings. The van der Waals surface area contributed by atoms with Crippen molar-refractivity contribution in [3.05, 3.63) is 80.5 Å². The largest absolute Gasteiger partial charge is 0.397 e. The lowest BCUT2D eigenvalue weighted by Crippen LogP contribution is -2.13. The summed E-state index contributed by atoms with van der Waals surface area (Å²) in [7, 11) is 0. The van der Waals surface area contributed by atoms with Crippen molar-refractivity contribution in [1.29, 1.82) is 0 Å². The number of nitrogens with zero attached hydrogens (tertiary/aromatic N) is 1. The summed E-state index contributed by atoms with van der Waals surface area (Å²) in [5.41, 5.74) is 10.4. The summed E-state index contributed by atoms with van der Waals surface area (Å²) >= 11 is 2.90. The lowest BCUT2D eigenvalue weighted by molar-refractivity contribution is 0.102. The van der Waals surface area contributed by atoms with Gasteiger partial charge >= 0.3 is 0 Å². The number of aromatic nitrogens is 1. The SMILES string of the molecule is C[C@H]1CCc2nc3sc(C(=O)Nc4ccc(C(=O)/C=C/c5cccs5)cc4)c(N)c3cc2C1. The van der Waals surface area contributed by atoms with E-state index in [1.54, 1.807) is 47.8 Å². The molecule has 0 unspecified atom stereocenters. The Kier molecular flexibility index (Phi) is 5.83. The molecule has 1 atom stereocenters. The fraction of sp³-hybridized carbons (Fsp3) is 0.192. The van der Waals surface area contributed by atoms with Crippen molar-refractivity contribution in [1.82, 2.24) is 4.98 Å². The Balaban J connectivity index is 1.32. The normalized spacial score (nSPS) is 15.6. The van der Waals surface area contributed by atoms with E-state index in [1.807, 2.05) is 17.5 Å². The highest BCUT2D eigenvalue weighted by Crippen LogP contribution is 2.36. The second-order valence-corrected chi connectivity index (χ2v) is 10.4. The van der Waals surface area contributed by atoms with Crippen molar-refractivity contribution in [2.24, 2.45) is 5.92 Å². The molecule has 33 heavy (non-hydrogen) atoms. The van der Waals surface area contributed by atoms with Crippen molar-refractivity contribution in [2.75, 3.05) is 11.1 Å². The van der Waals surface area contributed by atoms with Gasteiger partial charge in [0.2, 0.25) is 0 Å². The fourth-order valence-electron chi connectivity index (χ4n) is 4.09. The van der Waals surface area contributed by atoms with Gasteiger partial charge in [-0.25, -0.2) is 4.98 Å². The zero-order valence-corrected chi connectivity index (χ0v) is 19.8. The highest BCUT2D eigenvalue weighted by Gasteiger charge is 2.22. The number of pyridine rings is 1. The molecule has 0 spiro atoms. The van der Waals surface area contributed by atoms with Crippen LogP contribution in [0, 0.1) is 5.92 Å². The third-order valence-electron chi connectivity index (χ3n) is 5.91. The van der Waals surface area contributed by atoms with Gasteiger partial charge in [-0.3, -0.25) is 9.59 Å². The van der Waals surface area contributed by atoms with Crippen LogP contribution in [0.3, 0.4) is 0 Å². The molecular formula is C26H23N3O2S2. The molecule has 1 aromatic carbocycles. The van der Waals surface area contributed by atoms with Gasteiger partial charge in [0.1, 0.15) is 9.71 Å². The number of nitrogens with two attached hydrogens (primary N) is 1. The van der Waals surface area contributed by atoms with Crippen LogP contribution in [0.4, 0.5) is 11.4 Å². The van der Waals surface area contributed by atoms with Crippen LogP contribution in [0.1, 0.15) is 49.5 Å². The number of anilines is 2. The molecule has 1 aliphatic carbocycles. The first-order valence-corrected chi connectivity index (χ1v) is 12.6. The number of allylic oxidation sites excluding steroid dienone is 1. The summed E-state index contributed by atoms with van der Waals surface area (Å²) in [6.45, 7) is 2.25. The van der Waals surface area contributed by atoms with Crippen LogP contribution in [0.15, 0.2) is 53.9 Å². The quantitative estimate of drug-likeness (QED) is 0.266. The van der Waals surface area contributed by atoms with E-state index in [4.69, 9.17) is 10.7 Å². The fourth-order valence-corrected chi connectivity index (χ4v) is 5.70. The number of fused-ring (bicyclic) bond motifs is 2. The minimum atomic E-state index is -0.265. The third-order valence-corrected chi connectivity index (χ3v) is 7.86. The van der Waals surface area contributed by atoms with Crippen molar-refractivity contribution >= 4 is 62.0 Å². The molecule has 3 heterocycles. The molecular weight excluding hydrogens is 450 g/mol. The topological polar surface area (TPSA) is 85.1 Å². The maximum Gasteiger partial charge on any atom is 0.267 e. The maximum atomic E-state index is 12.9. The second kappa shape index (κ2) is 8.92. The van der Waals surface area contributed by atoms with Crippen LogP contribution < -0.4 is 11.1 Å². The Morgan fingerprint density at radius 1 is 1.21 bits per heavy atom. The zero-order valence-electron chi connectivity index (χ0n) is 18.1. The van der Waals surface area contributed by atoms with Gasteiger partial charge in [0, 0.05) is 27.2 Å². The summed E-state index contributed by atoms with van der Waals surface area (Å²) in [5.74, 6) is 0.290. The van der Waals surface area contributed by atoms with E-state index in [0.29, 0.717) is 27.7 Å². The molecule has 0 bridgehead atoms. The third kappa shape index (κ3) is 4.47. The number of amides is 1. The number of rotatable bonds is 5. The van der Waals surface area contributed by atoms with Gasteiger partial charge in [-0.05, 0) is 84.7 Å². The molecule has 0 fully saturated rings. The van der Waals surface area contributed by atoms with Crippen molar-refractivity contribution in [3.63, 3.8) is 0 Å². The predicted octanol–water partition coefficient (Wildman–Crippen LogP) is 6.21. The minimum absolute atomic E-state index is 0.0839. The van der Waals surface area contributed by atoms with E-state index in [1.165, 1.54) is 16.9 Å². The molecule has 166 valence electrons. The number of carbonyl (C=O) groups is 2. The Hall–Kier alpha value is -3.29. The molecule has 0 saturated carbocycles. The lowest BCUT2D eigenvalue weighted by atomic mass is 9.87. The molecule has 7 heteroatoms. The number of nitrogens with one attached hydrogen (secondary N) is 1. The van der Waals surface area contributed by atoms with Crippen molar-refractivity contribution in [3.8, 4) is 0 Å². The van der Waals surface area contributed by atoms with Gasteiger partial charge in [0.15, 0.2) is 5.78 Å². The summed E-state index contributed by atoms with van der Waals surface area (Å²) in [4.78, 5) is 32.4. The van der Waals surface area contributed by atoms with Gasteiger partial charge in [0.25, 0.3) is 5.91 Å². The highest BCUT2D eigenvalue weighted by molar-refractivity contribution is 7.21. The van der Waals surface area contributed by atoms with Crippen molar-refractivity contribution in [2.45, 2.75) is 26.2 Å². The van der Waals surface area contributed by atoms with Crippen LogP contribution in [0.5, 0.6) is 0 Å². The first kappa shape index (κ1) is 21.6. The molecule has 3 N–H and O–H groups in total. The predicted molar refractivity (Wildman–Crippen MR) is 137 cm³/mol. The van der Waals surface area contributed by atoms with Gasteiger partial charge in [-0.2, -0.15) is 0 Å². The minimum Gasteiger partial charge on any atom is -0.397 e. The number of hydrogen-bond acceptors (Lipinski definition) is 6. The molecule has 0 radical (unpaired) electrons. The van der Waals surface area contributed by atoms with E-state index < -0.39 is 0 Å². The molecule has 0 saturated heterocycles. The molecule has 5 nitrogen and oxygen atoms in total. The smallest absolute Gasteiger partial charge is 0.267 e. The Morgan fingerprint density at radius 3 is 2.79 bits per heavy atom. The van der Waals surface area contributed by atoms with E-state index >= 15 is 0 Å². The van der Waals surface area contributed by atoms with Gasteiger partial charge in [-0.1, -0.05) is 13.0 Å². The van der Waals surface area contributed by atoms with Gasteiger partial charge in [0.05, 0.1) is 5.69 Å². The van der Waals surface area contributed by atoms with Gasteiger partial charge < -0.3 is 11.1 Å².